The van der Waals surface area contributed by atoms with Crippen LogP contribution in [0.5, 0.6) is 0 Å². The van der Waals surface area contributed by atoms with E-state index in [9.17, 15) is 4.79 Å². The Hall–Kier alpha value is -3.22. The van der Waals surface area contributed by atoms with Crippen LogP contribution in [0.4, 0.5) is 5.69 Å². The molecule has 0 bridgehead atoms. The Labute approximate surface area is 196 Å². The molecule has 5 nitrogen and oxygen atoms in total. The standard InChI is InChI=1S/C25H22ClN3O2S/c1-13-7-14(2)10-17(9-13)23(30)29-25(32)27-18-5-6-20(26)19(12-18)24-28-21-11-15(3)8-16(4)22(21)31-24/h5-12H,1-4H3,(H2,27,29,30,32). The van der Waals surface area contributed by atoms with E-state index in [0.29, 0.717) is 27.7 Å². The van der Waals surface area contributed by atoms with Crippen molar-refractivity contribution in [3.8, 4) is 11.5 Å². The summed E-state index contributed by atoms with van der Waals surface area (Å²) in [4.78, 5) is 17.2. The summed E-state index contributed by atoms with van der Waals surface area (Å²) in [6, 6.07) is 15.0. The van der Waals surface area contributed by atoms with E-state index in [2.05, 4.69) is 15.6 Å². The molecule has 1 amide bonds. The van der Waals surface area contributed by atoms with Gasteiger partial charge in [0.25, 0.3) is 5.91 Å². The first-order valence-corrected chi connectivity index (χ1v) is 10.9. The van der Waals surface area contributed by atoms with Gasteiger partial charge < -0.3 is 9.73 Å². The van der Waals surface area contributed by atoms with Gasteiger partial charge in [0.1, 0.15) is 5.52 Å². The van der Waals surface area contributed by atoms with Crippen molar-refractivity contribution in [2.24, 2.45) is 0 Å². The molecule has 0 saturated heterocycles. The summed E-state index contributed by atoms with van der Waals surface area (Å²) in [6.45, 7) is 7.90. The SMILES string of the molecule is Cc1cc(C)cc(C(=O)NC(=S)Nc2ccc(Cl)c(-c3nc4cc(C)cc(C)c4o3)c2)c1. The predicted octanol–water partition coefficient (Wildman–Crippen LogP) is 6.51. The Morgan fingerprint density at radius 2 is 1.66 bits per heavy atom. The molecule has 32 heavy (non-hydrogen) atoms. The lowest BCUT2D eigenvalue weighted by molar-refractivity contribution is 0.0977. The van der Waals surface area contributed by atoms with E-state index < -0.39 is 0 Å². The third-order valence-corrected chi connectivity index (χ3v) is 5.52. The highest BCUT2D eigenvalue weighted by Crippen LogP contribution is 2.33. The van der Waals surface area contributed by atoms with E-state index in [1.807, 2.05) is 58.0 Å². The second-order valence-electron chi connectivity index (χ2n) is 7.93. The molecule has 0 saturated carbocycles. The third-order valence-electron chi connectivity index (χ3n) is 4.99. The van der Waals surface area contributed by atoms with Crippen LogP contribution in [-0.4, -0.2) is 16.0 Å². The minimum atomic E-state index is -0.270. The molecule has 2 N–H and O–H groups in total. The van der Waals surface area contributed by atoms with Crippen LogP contribution in [0.1, 0.15) is 32.6 Å². The van der Waals surface area contributed by atoms with Crippen molar-refractivity contribution in [1.29, 1.82) is 0 Å². The van der Waals surface area contributed by atoms with Crippen LogP contribution in [-0.2, 0) is 0 Å². The minimum Gasteiger partial charge on any atom is -0.436 e. The summed E-state index contributed by atoms with van der Waals surface area (Å²) in [5.74, 6) is 0.154. The molecule has 1 heterocycles. The van der Waals surface area contributed by atoms with E-state index in [-0.39, 0.29) is 11.0 Å². The summed E-state index contributed by atoms with van der Waals surface area (Å²) in [7, 11) is 0. The first kappa shape index (κ1) is 22.0. The fourth-order valence-electron chi connectivity index (χ4n) is 3.70. The smallest absolute Gasteiger partial charge is 0.257 e. The Balaban J connectivity index is 1.56. The van der Waals surface area contributed by atoms with Gasteiger partial charge in [-0.15, -0.1) is 0 Å². The predicted molar refractivity (Wildman–Crippen MR) is 134 cm³/mol. The van der Waals surface area contributed by atoms with Gasteiger partial charge in [-0.05, 0) is 87.4 Å². The number of halogens is 1. The Bertz CT molecular complexity index is 1360. The van der Waals surface area contributed by atoms with Crippen LogP contribution in [0.2, 0.25) is 5.02 Å². The minimum absolute atomic E-state index is 0.187. The maximum Gasteiger partial charge on any atom is 0.257 e. The number of oxazole rings is 1. The lowest BCUT2D eigenvalue weighted by Gasteiger charge is -2.11. The number of amides is 1. The number of fused-ring (bicyclic) bond motifs is 1. The molecule has 0 atom stereocenters. The molecule has 162 valence electrons. The molecule has 0 spiro atoms. The molecule has 0 aliphatic rings. The molecule has 7 heteroatoms. The van der Waals surface area contributed by atoms with E-state index in [0.717, 1.165) is 33.4 Å². The van der Waals surface area contributed by atoms with Crippen LogP contribution in [0.15, 0.2) is 52.9 Å². The lowest BCUT2D eigenvalue weighted by atomic mass is 10.1. The average Bonchev–Trinajstić information content (AvgIpc) is 3.12. The molecule has 0 radical (unpaired) electrons. The number of benzene rings is 3. The average molecular weight is 464 g/mol. The van der Waals surface area contributed by atoms with Gasteiger partial charge in [0.15, 0.2) is 10.7 Å². The monoisotopic (exact) mass is 463 g/mol. The van der Waals surface area contributed by atoms with Gasteiger partial charge in [-0.1, -0.05) is 34.9 Å². The number of rotatable bonds is 3. The van der Waals surface area contributed by atoms with Crippen molar-refractivity contribution in [3.63, 3.8) is 0 Å². The van der Waals surface area contributed by atoms with E-state index in [1.165, 1.54) is 0 Å². The third kappa shape index (κ3) is 4.66. The highest BCUT2D eigenvalue weighted by molar-refractivity contribution is 7.80. The maximum absolute atomic E-state index is 12.6. The van der Waals surface area contributed by atoms with Crippen molar-refractivity contribution >= 4 is 51.6 Å². The van der Waals surface area contributed by atoms with Gasteiger partial charge in [0.05, 0.1) is 10.6 Å². The number of nitrogens with zero attached hydrogens (tertiary/aromatic N) is 1. The molecule has 0 aliphatic carbocycles. The number of thiocarbonyl (C=S) groups is 1. The number of aryl methyl sites for hydroxylation is 4. The Morgan fingerprint density at radius 1 is 0.969 bits per heavy atom. The van der Waals surface area contributed by atoms with Crippen LogP contribution in [0, 0.1) is 27.7 Å². The van der Waals surface area contributed by atoms with Crippen LogP contribution in [0.3, 0.4) is 0 Å². The van der Waals surface area contributed by atoms with Crippen LogP contribution < -0.4 is 10.6 Å². The maximum atomic E-state index is 12.6. The number of carbonyl (C=O) groups excluding carboxylic acids is 1. The molecule has 1 aromatic heterocycles. The molecule has 0 fully saturated rings. The lowest BCUT2D eigenvalue weighted by Crippen LogP contribution is -2.34. The van der Waals surface area contributed by atoms with Crippen molar-refractivity contribution < 1.29 is 9.21 Å². The highest BCUT2D eigenvalue weighted by atomic mass is 35.5. The van der Waals surface area contributed by atoms with Gasteiger partial charge in [0, 0.05) is 11.3 Å². The Morgan fingerprint density at radius 3 is 2.38 bits per heavy atom. The van der Waals surface area contributed by atoms with Crippen molar-refractivity contribution in [2.45, 2.75) is 27.7 Å². The number of nitrogens with one attached hydrogen (secondary N) is 2. The summed E-state index contributed by atoms with van der Waals surface area (Å²) in [5.41, 5.74) is 7.51. The van der Waals surface area contributed by atoms with Gasteiger partial charge in [-0.2, -0.15) is 0 Å². The molecular weight excluding hydrogens is 442 g/mol. The number of anilines is 1. The van der Waals surface area contributed by atoms with Crippen molar-refractivity contribution in [3.05, 3.63) is 81.4 Å². The first-order valence-electron chi connectivity index (χ1n) is 10.1. The zero-order chi connectivity index (χ0) is 23.0. The fourth-order valence-corrected chi connectivity index (χ4v) is 4.11. The van der Waals surface area contributed by atoms with Gasteiger partial charge in [-0.25, -0.2) is 4.98 Å². The molecule has 3 aromatic carbocycles. The summed E-state index contributed by atoms with van der Waals surface area (Å²) in [6.07, 6.45) is 0. The fraction of sp³-hybridized carbons (Fsp3) is 0.160. The highest BCUT2D eigenvalue weighted by Gasteiger charge is 2.15. The second-order valence-corrected chi connectivity index (χ2v) is 8.74. The molecule has 4 aromatic rings. The number of hydrogen-bond donors (Lipinski definition) is 2. The van der Waals surface area contributed by atoms with Gasteiger partial charge in [0.2, 0.25) is 5.89 Å². The number of aromatic nitrogens is 1. The van der Waals surface area contributed by atoms with Crippen LogP contribution in [0.25, 0.3) is 22.6 Å². The van der Waals surface area contributed by atoms with Crippen molar-refractivity contribution in [1.82, 2.24) is 10.3 Å². The summed E-state index contributed by atoms with van der Waals surface area (Å²) in [5, 5.41) is 6.44. The molecule has 0 unspecified atom stereocenters. The summed E-state index contributed by atoms with van der Waals surface area (Å²) >= 11 is 11.8. The second kappa shape index (κ2) is 8.73. The van der Waals surface area contributed by atoms with Crippen LogP contribution >= 0.6 is 23.8 Å². The zero-order valence-corrected chi connectivity index (χ0v) is 19.7. The van der Waals surface area contributed by atoms with Crippen molar-refractivity contribution in [2.75, 3.05) is 5.32 Å². The normalized spacial score (nSPS) is 10.9. The van der Waals surface area contributed by atoms with E-state index in [1.54, 1.807) is 18.2 Å². The Kier molecular flexibility index (Phi) is 6.00. The molecule has 0 aliphatic heterocycles. The van der Waals surface area contributed by atoms with Gasteiger partial charge in [-0.3, -0.25) is 10.1 Å². The zero-order valence-electron chi connectivity index (χ0n) is 18.2. The van der Waals surface area contributed by atoms with Gasteiger partial charge >= 0.3 is 0 Å². The number of hydrogen-bond acceptors (Lipinski definition) is 4. The quantitative estimate of drug-likeness (QED) is 0.339. The molecular formula is C25H22ClN3O2S. The van der Waals surface area contributed by atoms with E-state index in [4.69, 9.17) is 28.2 Å². The first-order chi connectivity index (χ1) is 15.2. The summed E-state index contributed by atoms with van der Waals surface area (Å²) < 4.78 is 6.00. The topological polar surface area (TPSA) is 67.2 Å². The molecule has 4 rings (SSSR count). The largest absolute Gasteiger partial charge is 0.436 e. The number of carbonyl (C=O) groups is 1. The van der Waals surface area contributed by atoms with E-state index >= 15 is 0 Å².